The second kappa shape index (κ2) is 3.35. The molecule has 0 saturated heterocycles. The molecule has 0 aliphatic heterocycles. The molecule has 2 rings (SSSR count). The highest BCUT2D eigenvalue weighted by atomic mass is 16.3. The van der Waals surface area contributed by atoms with Crippen LogP contribution >= 0.6 is 0 Å². The summed E-state index contributed by atoms with van der Waals surface area (Å²) in [6, 6.07) is 1.71. The monoisotopic (exact) mass is 169 g/mol. The molecule has 0 aromatic rings. The molecule has 0 unspecified atom stereocenters. The number of rotatable bonds is 4. The van der Waals surface area contributed by atoms with Crippen LogP contribution in [0.15, 0.2) is 0 Å². The van der Waals surface area contributed by atoms with Crippen molar-refractivity contribution in [1.29, 1.82) is 0 Å². The third-order valence-corrected chi connectivity index (χ3v) is 3.32. The molecule has 0 heterocycles. The predicted molar refractivity (Wildman–Crippen MR) is 49.0 cm³/mol. The first-order valence-electron chi connectivity index (χ1n) is 5.21. The van der Waals surface area contributed by atoms with E-state index in [1.165, 1.54) is 32.2 Å². The molecule has 1 N–H and O–H groups in total. The number of aliphatic hydroxyl groups excluding tert-OH is 1. The van der Waals surface area contributed by atoms with E-state index in [1.54, 1.807) is 0 Å². The zero-order valence-electron chi connectivity index (χ0n) is 7.87. The SMILES string of the molecule is CCN(C1CC1)[C@H]1C[C@H](CO)C1. The summed E-state index contributed by atoms with van der Waals surface area (Å²) in [5.74, 6) is 0.614. The maximum absolute atomic E-state index is 8.89. The van der Waals surface area contributed by atoms with E-state index in [9.17, 15) is 0 Å². The Labute approximate surface area is 74.6 Å². The van der Waals surface area contributed by atoms with Crippen LogP contribution in [-0.4, -0.2) is 35.2 Å². The minimum absolute atomic E-state index is 0.402. The highest BCUT2D eigenvalue weighted by Crippen LogP contribution is 2.37. The van der Waals surface area contributed by atoms with Gasteiger partial charge in [0.15, 0.2) is 0 Å². The first kappa shape index (κ1) is 8.52. The van der Waals surface area contributed by atoms with Gasteiger partial charge in [-0.25, -0.2) is 0 Å². The zero-order valence-corrected chi connectivity index (χ0v) is 7.87. The van der Waals surface area contributed by atoms with E-state index in [0.29, 0.717) is 12.5 Å². The van der Waals surface area contributed by atoms with Gasteiger partial charge in [-0.2, -0.15) is 0 Å². The molecule has 0 aromatic heterocycles. The lowest BCUT2D eigenvalue weighted by molar-refractivity contribution is 0.0434. The molecule has 0 atom stereocenters. The van der Waals surface area contributed by atoms with Crippen LogP contribution in [0.2, 0.25) is 0 Å². The predicted octanol–water partition coefficient (Wildman–Crippen LogP) is 1.24. The first-order valence-corrected chi connectivity index (χ1v) is 5.21. The Balaban J connectivity index is 1.76. The highest BCUT2D eigenvalue weighted by Gasteiger charge is 2.39. The highest BCUT2D eigenvalue weighted by molar-refractivity contribution is 4.94. The lowest BCUT2D eigenvalue weighted by Crippen LogP contribution is -2.46. The van der Waals surface area contributed by atoms with E-state index in [1.807, 2.05) is 0 Å². The molecule has 2 nitrogen and oxygen atoms in total. The van der Waals surface area contributed by atoms with Gasteiger partial charge in [0.25, 0.3) is 0 Å². The van der Waals surface area contributed by atoms with E-state index in [4.69, 9.17) is 5.11 Å². The second-order valence-electron chi connectivity index (χ2n) is 4.24. The fourth-order valence-electron chi connectivity index (χ4n) is 2.34. The largest absolute Gasteiger partial charge is 0.396 e. The van der Waals surface area contributed by atoms with Crippen molar-refractivity contribution in [3.8, 4) is 0 Å². The molecule has 70 valence electrons. The third-order valence-electron chi connectivity index (χ3n) is 3.32. The Morgan fingerprint density at radius 2 is 1.92 bits per heavy atom. The fraction of sp³-hybridized carbons (Fsp3) is 1.00. The topological polar surface area (TPSA) is 23.5 Å². The Morgan fingerprint density at radius 3 is 2.33 bits per heavy atom. The zero-order chi connectivity index (χ0) is 8.55. The van der Waals surface area contributed by atoms with Crippen LogP contribution in [0.4, 0.5) is 0 Å². The van der Waals surface area contributed by atoms with E-state index in [2.05, 4.69) is 11.8 Å². The summed E-state index contributed by atoms with van der Waals surface area (Å²) in [4.78, 5) is 2.63. The first-order chi connectivity index (χ1) is 5.85. The Bertz CT molecular complexity index is 150. The molecule has 2 aliphatic carbocycles. The van der Waals surface area contributed by atoms with Gasteiger partial charge < -0.3 is 5.11 Å². The van der Waals surface area contributed by atoms with Crippen LogP contribution in [0.5, 0.6) is 0 Å². The van der Waals surface area contributed by atoms with Gasteiger partial charge in [-0.3, -0.25) is 4.90 Å². The van der Waals surface area contributed by atoms with Crippen molar-refractivity contribution in [2.75, 3.05) is 13.2 Å². The average molecular weight is 169 g/mol. The number of hydrogen-bond acceptors (Lipinski definition) is 2. The molecule has 2 saturated carbocycles. The van der Waals surface area contributed by atoms with Gasteiger partial charge in [0.2, 0.25) is 0 Å². The van der Waals surface area contributed by atoms with Crippen molar-refractivity contribution in [3.05, 3.63) is 0 Å². The summed E-state index contributed by atoms with van der Waals surface area (Å²) in [6.45, 7) is 3.86. The normalized spacial score (nSPS) is 35.2. The molecule has 2 aliphatic rings. The Kier molecular flexibility index (Phi) is 2.37. The van der Waals surface area contributed by atoms with Crippen molar-refractivity contribution >= 4 is 0 Å². The molecule has 0 radical (unpaired) electrons. The average Bonchev–Trinajstić information content (AvgIpc) is 2.78. The van der Waals surface area contributed by atoms with Crippen LogP contribution in [0.25, 0.3) is 0 Å². The van der Waals surface area contributed by atoms with Crippen molar-refractivity contribution in [3.63, 3.8) is 0 Å². The molecule has 0 aromatic carbocycles. The van der Waals surface area contributed by atoms with Crippen molar-refractivity contribution in [2.24, 2.45) is 5.92 Å². The summed E-state index contributed by atoms with van der Waals surface area (Å²) < 4.78 is 0. The van der Waals surface area contributed by atoms with Gasteiger partial charge in [0.05, 0.1) is 0 Å². The molecule has 0 bridgehead atoms. The molecule has 12 heavy (non-hydrogen) atoms. The number of hydrogen-bond donors (Lipinski definition) is 1. The summed E-state index contributed by atoms with van der Waals surface area (Å²) in [5.41, 5.74) is 0. The number of aliphatic hydroxyl groups is 1. The standard InChI is InChI=1S/C10H19NO/c1-2-11(9-3-4-9)10-5-8(6-10)7-12/h8-10,12H,2-7H2,1H3/t8-,10-. The van der Waals surface area contributed by atoms with Crippen LogP contribution < -0.4 is 0 Å². The van der Waals surface area contributed by atoms with Crippen molar-refractivity contribution < 1.29 is 5.11 Å². The quantitative estimate of drug-likeness (QED) is 0.684. The maximum Gasteiger partial charge on any atom is 0.0460 e. The van der Waals surface area contributed by atoms with E-state index in [-0.39, 0.29) is 0 Å². The van der Waals surface area contributed by atoms with E-state index >= 15 is 0 Å². The van der Waals surface area contributed by atoms with Crippen molar-refractivity contribution in [2.45, 2.75) is 44.7 Å². The lowest BCUT2D eigenvalue weighted by Gasteiger charge is -2.42. The molecule has 0 amide bonds. The Hall–Kier alpha value is -0.0800. The van der Waals surface area contributed by atoms with Crippen molar-refractivity contribution in [1.82, 2.24) is 4.90 Å². The molecule has 2 fully saturated rings. The van der Waals surface area contributed by atoms with Crippen LogP contribution in [0, 0.1) is 5.92 Å². The summed E-state index contributed by atoms with van der Waals surface area (Å²) in [6.07, 6.45) is 5.30. The second-order valence-corrected chi connectivity index (χ2v) is 4.24. The lowest BCUT2D eigenvalue weighted by atomic mass is 9.80. The summed E-state index contributed by atoms with van der Waals surface area (Å²) in [7, 11) is 0. The minimum Gasteiger partial charge on any atom is -0.396 e. The van der Waals surface area contributed by atoms with Gasteiger partial charge in [0, 0.05) is 18.7 Å². The van der Waals surface area contributed by atoms with Crippen LogP contribution in [-0.2, 0) is 0 Å². The van der Waals surface area contributed by atoms with Gasteiger partial charge >= 0.3 is 0 Å². The molecular formula is C10H19NO. The molecule has 2 heteroatoms. The van der Waals surface area contributed by atoms with Crippen LogP contribution in [0.3, 0.4) is 0 Å². The molecular weight excluding hydrogens is 150 g/mol. The van der Waals surface area contributed by atoms with E-state index < -0.39 is 0 Å². The van der Waals surface area contributed by atoms with Gasteiger partial charge in [-0.15, -0.1) is 0 Å². The van der Waals surface area contributed by atoms with Gasteiger partial charge in [-0.05, 0) is 38.1 Å². The Morgan fingerprint density at radius 1 is 1.25 bits per heavy atom. The summed E-state index contributed by atoms with van der Waals surface area (Å²) in [5, 5.41) is 8.89. The van der Waals surface area contributed by atoms with Gasteiger partial charge in [0.1, 0.15) is 0 Å². The minimum atomic E-state index is 0.402. The third kappa shape index (κ3) is 1.50. The number of nitrogens with zero attached hydrogens (tertiary/aromatic N) is 1. The van der Waals surface area contributed by atoms with Gasteiger partial charge in [-0.1, -0.05) is 6.92 Å². The fourth-order valence-corrected chi connectivity index (χ4v) is 2.34. The smallest absolute Gasteiger partial charge is 0.0460 e. The maximum atomic E-state index is 8.89. The van der Waals surface area contributed by atoms with E-state index in [0.717, 1.165) is 12.1 Å². The summed E-state index contributed by atoms with van der Waals surface area (Å²) >= 11 is 0. The van der Waals surface area contributed by atoms with Crippen LogP contribution in [0.1, 0.15) is 32.6 Å². The molecule has 0 spiro atoms.